The SMILES string of the molecule is COC1CCN(C(=O)c2ccc(C(=O)NCC(O)CNC3Cc4ccccc4C3)cc2)CC1. The molecule has 1 aliphatic carbocycles. The van der Waals surface area contributed by atoms with Crippen molar-refractivity contribution in [2.45, 2.75) is 43.9 Å². The first-order chi connectivity index (χ1) is 16.0. The maximum absolute atomic E-state index is 12.7. The van der Waals surface area contributed by atoms with Crippen molar-refractivity contribution in [2.24, 2.45) is 0 Å². The van der Waals surface area contributed by atoms with E-state index in [0.717, 1.165) is 25.7 Å². The molecule has 7 nitrogen and oxygen atoms in total. The van der Waals surface area contributed by atoms with Crippen LogP contribution in [0.15, 0.2) is 48.5 Å². The third kappa shape index (κ3) is 5.99. The Morgan fingerprint density at radius 1 is 1.00 bits per heavy atom. The Labute approximate surface area is 195 Å². The molecule has 0 radical (unpaired) electrons. The molecule has 4 rings (SSSR count). The van der Waals surface area contributed by atoms with Gasteiger partial charge in [-0.05, 0) is 61.1 Å². The summed E-state index contributed by atoms with van der Waals surface area (Å²) < 4.78 is 5.36. The molecule has 33 heavy (non-hydrogen) atoms. The van der Waals surface area contributed by atoms with Crippen LogP contribution in [0.5, 0.6) is 0 Å². The second kappa shape index (κ2) is 10.9. The number of carbonyl (C=O) groups excluding carboxylic acids is 2. The molecule has 1 atom stereocenters. The highest BCUT2D eigenvalue weighted by Crippen LogP contribution is 2.21. The minimum Gasteiger partial charge on any atom is -0.390 e. The normalized spacial score (nSPS) is 17.6. The summed E-state index contributed by atoms with van der Waals surface area (Å²) in [5.74, 6) is -0.283. The molecule has 0 saturated carbocycles. The van der Waals surface area contributed by atoms with Crippen LogP contribution in [0, 0.1) is 0 Å². The molecule has 3 N–H and O–H groups in total. The number of ether oxygens (including phenoxy) is 1. The van der Waals surface area contributed by atoms with Crippen molar-refractivity contribution in [1.29, 1.82) is 0 Å². The van der Waals surface area contributed by atoms with Gasteiger partial charge in [0.25, 0.3) is 11.8 Å². The fourth-order valence-electron chi connectivity index (χ4n) is 4.63. The topological polar surface area (TPSA) is 90.9 Å². The number of piperidine rings is 1. The molecule has 0 bridgehead atoms. The number of aliphatic hydroxyl groups is 1. The summed E-state index contributed by atoms with van der Waals surface area (Å²) in [6.45, 7) is 1.95. The summed E-state index contributed by atoms with van der Waals surface area (Å²) in [7, 11) is 1.70. The van der Waals surface area contributed by atoms with Gasteiger partial charge in [-0.2, -0.15) is 0 Å². The molecule has 2 aliphatic rings. The molecular weight excluding hydrogens is 418 g/mol. The van der Waals surface area contributed by atoms with Crippen molar-refractivity contribution in [2.75, 3.05) is 33.3 Å². The van der Waals surface area contributed by atoms with E-state index >= 15 is 0 Å². The average molecular weight is 452 g/mol. The lowest BCUT2D eigenvalue weighted by Gasteiger charge is -2.31. The highest BCUT2D eigenvalue weighted by Gasteiger charge is 2.24. The van der Waals surface area contributed by atoms with Gasteiger partial charge in [-0.15, -0.1) is 0 Å². The van der Waals surface area contributed by atoms with Crippen LogP contribution in [0.4, 0.5) is 0 Å². The molecule has 0 spiro atoms. The Bertz CT molecular complexity index is 929. The van der Waals surface area contributed by atoms with E-state index in [1.165, 1.54) is 11.1 Å². The van der Waals surface area contributed by atoms with E-state index in [4.69, 9.17) is 4.74 Å². The van der Waals surface area contributed by atoms with E-state index in [2.05, 4.69) is 34.9 Å². The van der Waals surface area contributed by atoms with E-state index in [1.807, 2.05) is 4.90 Å². The first kappa shape index (κ1) is 23.4. The standard InChI is InChI=1S/C26H33N3O4/c1-33-24-10-12-29(13-11-24)26(32)19-8-6-18(7-9-19)25(31)28-17-23(30)16-27-22-14-20-4-2-3-5-21(20)15-22/h2-9,22-24,27,30H,10-17H2,1H3,(H,28,31). The number of nitrogens with zero attached hydrogens (tertiary/aromatic N) is 1. The summed E-state index contributed by atoms with van der Waals surface area (Å²) in [6.07, 6.45) is 3.16. The predicted octanol–water partition coefficient (Wildman–Crippen LogP) is 1.79. The number of benzene rings is 2. The lowest BCUT2D eigenvalue weighted by molar-refractivity contribution is 0.0350. The number of hydrogen-bond donors (Lipinski definition) is 3. The van der Waals surface area contributed by atoms with Crippen molar-refractivity contribution in [1.82, 2.24) is 15.5 Å². The van der Waals surface area contributed by atoms with Gasteiger partial charge >= 0.3 is 0 Å². The summed E-state index contributed by atoms with van der Waals surface area (Å²) in [6, 6.07) is 15.4. The van der Waals surface area contributed by atoms with Gasteiger partial charge in [-0.25, -0.2) is 0 Å². The van der Waals surface area contributed by atoms with Crippen LogP contribution in [0.1, 0.15) is 44.7 Å². The fourth-order valence-corrected chi connectivity index (χ4v) is 4.63. The van der Waals surface area contributed by atoms with Crippen LogP contribution in [-0.2, 0) is 17.6 Å². The molecule has 176 valence electrons. The molecule has 2 amide bonds. The molecule has 2 aromatic carbocycles. The number of aliphatic hydroxyl groups excluding tert-OH is 1. The summed E-state index contributed by atoms with van der Waals surface area (Å²) >= 11 is 0. The van der Waals surface area contributed by atoms with Crippen molar-refractivity contribution in [3.05, 3.63) is 70.8 Å². The molecule has 1 saturated heterocycles. The Morgan fingerprint density at radius 3 is 2.21 bits per heavy atom. The fraction of sp³-hybridized carbons (Fsp3) is 0.462. The van der Waals surface area contributed by atoms with Crippen molar-refractivity contribution in [3.63, 3.8) is 0 Å². The summed E-state index contributed by atoms with van der Waals surface area (Å²) in [4.78, 5) is 27.0. The van der Waals surface area contributed by atoms with Crippen molar-refractivity contribution in [3.8, 4) is 0 Å². The van der Waals surface area contributed by atoms with Gasteiger partial charge in [-0.3, -0.25) is 9.59 Å². The number of nitrogens with one attached hydrogen (secondary N) is 2. The Kier molecular flexibility index (Phi) is 7.75. The Hall–Kier alpha value is -2.74. The van der Waals surface area contributed by atoms with Crippen molar-refractivity contribution < 1.29 is 19.4 Å². The summed E-state index contributed by atoms with van der Waals surface area (Å²) in [5, 5.41) is 16.5. The van der Waals surface area contributed by atoms with Crippen LogP contribution in [0.25, 0.3) is 0 Å². The number of fused-ring (bicyclic) bond motifs is 1. The molecule has 1 heterocycles. The van der Waals surface area contributed by atoms with Gasteiger partial charge in [0.2, 0.25) is 0 Å². The zero-order valence-corrected chi connectivity index (χ0v) is 19.1. The number of rotatable bonds is 8. The van der Waals surface area contributed by atoms with Crippen molar-refractivity contribution >= 4 is 11.8 Å². The van der Waals surface area contributed by atoms with Crippen LogP contribution >= 0.6 is 0 Å². The molecule has 1 aliphatic heterocycles. The Balaban J connectivity index is 1.19. The lowest BCUT2D eigenvalue weighted by atomic mass is 10.1. The van der Waals surface area contributed by atoms with E-state index in [0.29, 0.717) is 36.8 Å². The minimum atomic E-state index is -0.673. The van der Waals surface area contributed by atoms with Gasteiger partial charge in [0, 0.05) is 50.5 Å². The first-order valence-corrected chi connectivity index (χ1v) is 11.7. The largest absolute Gasteiger partial charge is 0.390 e. The molecular formula is C26H33N3O4. The van der Waals surface area contributed by atoms with Crippen LogP contribution in [-0.4, -0.2) is 73.4 Å². The van der Waals surface area contributed by atoms with Gasteiger partial charge in [0.1, 0.15) is 0 Å². The number of hydrogen-bond acceptors (Lipinski definition) is 5. The highest BCUT2D eigenvalue weighted by molar-refractivity contribution is 5.97. The van der Waals surface area contributed by atoms with Crippen LogP contribution in [0.3, 0.4) is 0 Å². The van der Waals surface area contributed by atoms with E-state index < -0.39 is 6.10 Å². The third-order valence-corrected chi connectivity index (χ3v) is 6.65. The molecule has 2 aromatic rings. The zero-order chi connectivity index (χ0) is 23.2. The van der Waals surface area contributed by atoms with E-state index in [9.17, 15) is 14.7 Å². The summed E-state index contributed by atoms with van der Waals surface area (Å²) in [5.41, 5.74) is 3.76. The van der Waals surface area contributed by atoms with Gasteiger partial charge in [0.15, 0.2) is 0 Å². The number of amides is 2. The molecule has 0 aromatic heterocycles. The Morgan fingerprint density at radius 2 is 1.61 bits per heavy atom. The number of likely N-dealkylation sites (tertiary alicyclic amines) is 1. The maximum Gasteiger partial charge on any atom is 0.253 e. The highest BCUT2D eigenvalue weighted by atomic mass is 16.5. The zero-order valence-electron chi connectivity index (χ0n) is 19.1. The van der Waals surface area contributed by atoms with Crippen LogP contribution < -0.4 is 10.6 Å². The maximum atomic E-state index is 12.7. The second-order valence-corrected chi connectivity index (χ2v) is 8.95. The van der Waals surface area contributed by atoms with Crippen LogP contribution in [0.2, 0.25) is 0 Å². The van der Waals surface area contributed by atoms with Gasteiger partial charge in [-0.1, -0.05) is 24.3 Å². The third-order valence-electron chi connectivity index (χ3n) is 6.65. The van der Waals surface area contributed by atoms with Gasteiger partial charge < -0.3 is 25.4 Å². The molecule has 1 unspecified atom stereocenters. The second-order valence-electron chi connectivity index (χ2n) is 8.95. The lowest BCUT2D eigenvalue weighted by Crippen LogP contribution is -2.42. The first-order valence-electron chi connectivity index (χ1n) is 11.7. The smallest absolute Gasteiger partial charge is 0.253 e. The number of carbonyl (C=O) groups is 2. The molecule has 1 fully saturated rings. The van der Waals surface area contributed by atoms with Gasteiger partial charge in [0.05, 0.1) is 12.2 Å². The van der Waals surface area contributed by atoms with E-state index in [-0.39, 0.29) is 24.5 Å². The predicted molar refractivity (Wildman–Crippen MR) is 126 cm³/mol. The number of methoxy groups -OCH3 is 1. The quantitative estimate of drug-likeness (QED) is 0.569. The minimum absolute atomic E-state index is 0.0212. The monoisotopic (exact) mass is 451 g/mol. The average Bonchev–Trinajstić information content (AvgIpc) is 3.29. The molecule has 7 heteroatoms. The van der Waals surface area contributed by atoms with E-state index in [1.54, 1.807) is 31.4 Å².